The molecule has 0 aliphatic carbocycles. The molecule has 0 heterocycles. The number of rotatable bonds is 10. The van der Waals surface area contributed by atoms with Gasteiger partial charge < -0.3 is 10.6 Å². The maximum atomic E-state index is 5.61. The Bertz CT molecular complexity index is 176. The molecule has 0 aromatic rings. The SMILES string of the molecule is C=CCCCN(C)CCCC(C)(C)CCN. The van der Waals surface area contributed by atoms with Crippen molar-refractivity contribution in [3.05, 3.63) is 12.7 Å². The highest BCUT2D eigenvalue weighted by Gasteiger charge is 2.16. The Kier molecular flexibility index (Phi) is 8.58. The molecule has 2 N–H and O–H groups in total. The summed E-state index contributed by atoms with van der Waals surface area (Å²) >= 11 is 0. The smallest absolute Gasteiger partial charge is 0.00188 e. The van der Waals surface area contributed by atoms with Crippen molar-refractivity contribution in [2.24, 2.45) is 11.1 Å². The van der Waals surface area contributed by atoms with E-state index >= 15 is 0 Å². The molecule has 0 radical (unpaired) electrons. The Hall–Kier alpha value is -0.340. The largest absolute Gasteiger partial charge is 0.330 e. The molecule has 2 nitrogen and oxygen atoms in total. The van der Waals surface area contributed by atoms with E-state index in [1.165, 1.54) is 32.4 Å². The van der Waals surface area contributed by atoms with E-state index in [1.807, 2.05) is 6.08 Å². The molecule has 0 saturated carbocycles. The van der Waals surface area contributed by atoms with Crippen LogP contribution in [0.4, 0.5) is 0 Å². The van der Waals surface area contributed by atoms with Crippen molar-refractivity contribution in [1.82, 2.24) is 4.90 Å². The molecule has 0 bridgehead atoms. The van der Waals surface area contributed by atoms with Crippen LogP contribution in [0.2, 0.25) is 0 Å². The van der Waals surface area contributed by atoms with Gasteiger partial charge in [-0.1, -0.05) is 19.9 Å². The van der Waals surface area contributed by atoms with Gasteiger partial charge in [-0.25, -0.2) is 0 Å². The molecular weight excluding hydrogens is 196 g/mol. The number of allylic oxidation sites excluding steroid dienone is 1. The summed E-state index contributed by atoms with van der Waals surface area (Å²) < 4.78 is 0. The summed E-state index contributed by atoms with van der Waals surface area (Å²) in [5.74, 6) is 0. The average Bonchev–Trinajstić information content (AvgIpc) is 2.17. The lowest BCUT2D eigenvalue weighted by molar-refractivity contribution is 0.261. The lowest BCUT2D eigenvalue weighted by atomic mass is 9.84. The van der Waals surface area contributed by atoms with Crippen LogP contribution in [-0.2, 0) is 0 Å². The van der Waals surface area contributed by atoms with Crippen LogP contribution in [0, 0.1) is 5.41 Å². The Balaban J connectivity index is 3.52. The van der Waals surface area contributed by atoms with Gasteiger partial charge in [-0.3, -0.25) is 0 Å². The molecule has 2 heteroatoms. The Morgan fingerprint density at radius 1 is 1.19 bits per heavy atom. The van der Waals surface area contributed by atoms with Crippen LogP contribution < -0.4 is 5.73 Å². The number of hydrogen-bond donors (Lipinski definition) is 1. The van der Waals surface area contributed by atoms with E-state index in [2.05, 4.69) is 32.4 Å². The zero-order valence-electron chi connectivity index (χ0n) is 11.5. The minimum absolute atomic E-state index is 0.413. The fourth-order valence-electron chi connectivity index (χ4n) is 1.96. The molecule has 0 aromatic carbocycles. The van der Waals surface area contributed by atoms with Crippen LogP contribution in [0.3, 0.4) is 0 Å². The predicted octanol–water partition coefficient (Wildman–Crippen LogP) is 3.04. The summed E-state index contributed by atoms with van der Waals surface area (Å²) in [5, 5.41) is 0. The zero-order valence-corrected chi connectivity index (χ0v) is 11.5. The third kappa shape index (κ3) is 8.93. The van der Waals surface area contributed by atoms with Gasteiger partial charge in [0.15, 0.2) is 0 Å². The average molecular weight is 226 g/mol. The first-order valence-electron chi connectivity index (χ1n) is 6.51. The van der Waals surface area contributed by atoms with E-state index in [1.54, 1.807) is 0 Å². The van der Waals surface area contributed by atoms with Gasteiger partial charge in [-0.2, -0.15) is 0 Å². The maximum absolute atomic E-state index is 5.61. The summed E-state index contributed by atoms with van der Waals surface area (Å²) in [6, 6.07) is 0. The monoisotopic (exact) mass is 226 g/mol. The summed E-state index contributed by atoms with van der Waals surface area (Å²) in [4.78, 5) is 2.42. The van der Waals surface area contributed by atoms with Crippen molar-refractivity contribution < 1.29 is 0 Å². The van der Waals surface area contributed by atoms with E-state index in [-0.39, 0.29) is 0 Å². The second-order valence-corrected chi connectivity index (χ2v) is 5.54. The van der Waals surface area contributed by atoms with Crippen molar-refractivity contribution >= 4 is 0 Å². The van der Waals surface area contributed by atoms with Crippen LogP contribution in [0.15, 0.2) is 12.7 Å². The van der Waals surface area contributed by atoms with Gasteiger partial charge >= 0.3 is 0 Å². The first-order chi connectivity index (χ1) is 7.52. The summed E-state index contributed by atoms with van der Waals surface area (Å²) in [6.45, 7) is 11.6. The van der Waals surface area contributed by atoms with E-state index in [0.29, 0.717) is 5.41 Å². The molecular formula is C14H30N2. The lowest BCUT2D eigenvalue weighted by Crippen LogP contribution is -2.23. The van der Waals surface area contributed by atoms with Crippen molar-refractivity contribution in [2.45, 2.75) is 46.0 Å². The fourth-order valence-corrected chi connectivity index (χ4v) is 1.96. The van der Waals surface area contributed by atoms with Crippen molar-refractivity contribution in [3.63, 3.8) is 0 Å². The van der Waals surface area contributed by atoms with E-state index in [9.17, 15) is 0 Å². The second kappa shape index (κ2) is 8.77. The van der Waals surface area contributed by atoms with Gasteiger partial charge in [-0.05, 0) is 64.2 Å². The normalized spacial score (nSPS) is 12.1. The van der Waals surface area contributed by atoms with E-state index in [0.717, 1.165) is 19.4 Å². The quantitative estimate of drug-likeness (QED) is 0.458. The Labute approximate surface area is 102 Å². The minimum atomic E-state index is 0.413. The van der Waals surface area contributed by atoms with Gasteiger partial charge in [0.25, 0.3) is 0 Å². The Morgan fingerprint density at radius 3 is 2.38 bits per heavy atom. The lowest BCUT2D eigenvalue weighted by Gasteiger charge is -2.25. The Morgan fingerprint density at radius 2 is 1.81 bits per heavy atom. The van der Waals surface area contributed by atoms with Crippen LogP contribution in [0.5, 0.6) is 0 Å². The van der Waals surface area contributed by atoms with Gasteiger partial charge in [0, 0.05) is 0 Å². The predicted molar refractivity (Wildman–Crippen MR) is 73.6 cm³/mol. The van der Waals surface area contributed by atoms with Crippen LogP contribution in [-0.4, -0.2) is 31.6 Å². The van der Waals surface area contributed by atoms with Crippen LogP contribution in [0.25, 0.3) is 0 Å². The van der Waals surface area contributed by atoms with Crippen molar-refractivity contribution in [2.75, 3.05) is 26.7 Å². The number of nitrogens with two attached hydrogens (primary N) is 1. The molecule has 0 saturated heterocycles. The fraction of sp³-hybridized carbons (Fsp3) is 0.857. The molecule has 0 aliphatic heterocycles. The highest BCUT2D eigenvalue weighted by molar-refractivity contribution is 4.70. The second-order valence-electron chi connectivity index (χ2n) is 5.54. The molecule has 0 rings (SSSR count). The molecule has 16 heavy (non-hydrogen) atoms. The third-order valence-corrected chi connectivity index (χ3v) is 3.16. The standard InChI is InChI=1S/C14H30N2/c1-5-6-7-12-16(4)13-8-9-14(2,3)10-11-15/h5H,1,6-13,15H2,2-4H3. The zero-order chi connectivity index (χ0) is 12.4. The molecule has 96 valence electrons. The number of nitrogens with zero attached hydrogens (tertiary/aromatic N) is 1. The highest BCUT2D eigenvalue weighted by atomic mass is 15.1. The summed E-state index contributed by atoms with van der Waals surface area (Å²) in [6.07, 6.45) is 8.04. The number of hydrogen-bond acceptors (Lipinski definition) is 2. The van der Waals surface area contributed by atoms with E-state index < -0.39 is 0 Å². The summed E-state index contributed by atoms with van der Waals surface area (Å²) in [7, 11) is 2.21. The summed E-state index contributed by atoms with van der Waals surface area (Å²) in [5.41, 5.74) is 6.02. The maximum Gasteiger partial charge on any atom is -0.00188 e. The highest BCUT2D eigenvalue weighted by Crippen LogP contribution is 2.25. The van der Waals surface area contributed by atoms with Crippen LogP contribution in [0.1, 0.15) is 46.0 Å². The number of unbranched alkanes of at least 4 members (excludes halogenated alkanes) is 1. The van der Waals surface area contributed by atoms with Crippen molar-refractivity contribution in [3.8, 4) is 0 Å². The van der Waals surface area contributed by atoms with E-state index in [4.69, 9.17) is 5.73 Å². The molecule has 0 unspecified atom stereocenters. The minimum Gasteiger partial charge on any atom is -0.330 e. The molecule has 0 aliphatic rings. The van der Waals surface area contributed by atoms with Crippen molar-refractivity contribution in [1.29, 1.82) is 0 Å². The van der Waals surface area contributed by atoms with Gasteiger partial charge in [-0.15, -0.1) is 6.58 Å². The third-order valence-electron chi connectivity index (χ3n) is 3.16. The molecule has 0 atom stereocenters. The van der Waals surface area contributed by atoms with Crippen LogP contribution >= 0.6 is 0 Å². The first-order valence-corrected chi connectivity index (χ1v) is 6.51. The molecule has 0 amide bonds. The van der Waals surface area contributed by atoms with Gasteiger partial charge in [0.2, 0.25) is 0 Å². The topological polar surface area (TPSA) is 29.3 Å². The first kappa shape index (κ1) is 15.7. The molecule has 0 aromatic heterocycles. The van der Waals surface area contributed by atoms with Gasteiger partial charge in [0.1, 0.15) is 0 Å². The van der Waals surface area contributed by atoms with Gasteiger partial charge in [0.05, 0.1) is 0 Å². The molecule has 0 spiro atoms. The molecule has 0 fully saturated rings.